The maximum atomic E-state index is 12.3. The van der Waals surface area contributed by atoms with Gasteiger partial charge in [0.25, 0.3) is 0 Å². The van der Waals surface area contributed by atoms with E-state index in [0.717, 1.165) is 6.42 Å². The zero-order chi connectivity index (χ0) is 17.7. The maximum absolute atomic E-state index is 12.3. The number of nitrogens with zero attached hydrogens (tertiary/aromatic N) is 1. The Kier molecular flexibility index (Phi) is 5.89. The van der Waals surface area contributed by atoms with Gasteiger partial charge in [-0.1, -0.05) is 12.1 Å². The van der Waals surface area contributed by atoms with Crippen LogP contribution in [-0.4, -0.2) is 35.9 Å². The molecule has 2 unspecified atom stereocenters. The highest BCUT2D eigenvalue weighted by Gasteiger charge is 2.30. The van der Waals surface area contributed by atoms with Crippen molar-refractivity contribution in [1.29, 1.82) is 0 Å². The zero-order valence-electron chi connectivity index (χ0n) is 13.3. The summed E-state index contributed by atoms with van der Waals surface area (Å²) in [6.45, 7) is -0.618. The van der Waals surface area contributed by atoms with E-state index in [4.69, 9.17) is 5.73 Å². The van der Waals surface area contributed by atoms with Gasteiger partial charge in [0.1, 0.15) is 5.75 Å². The Morgan fingerprint density at radius 1 is 1.29 bits per heavy atom. The Hall–Kier alpha value is -2.44. The molecule has 1 aromatic carbocycles. The molecule has 0 bridgehead atoms. The Labute approximate surface area is 139 Å². The van der Waals surface area contributed by atoms with Crippen LogP contribution < -0.4 is 10.5 Å². The summed E-state index contributed by atoms with van der Waals surface area (Å²) in [5, 5.41) is 0. The third kappa shape index (κ3) is 4.78. The van der Waals surface area contributed by atoms with Crippen molar-refractivity contribution in [3.8, 4) is 5.75 Å². The number of rotatable bonds is 5. The average molecular weight is 338 g/mol. The van der Waals surface area contributed by atoms with Gasteiger partial charge in [0.05, 0.1) is 5.92 Å². The van der Waals surface area contributed by atoms with Crippen LogP contribution in [0.25, 0.3) is 6.08 Å². The van der Waals surface area contributed by atoms with Crippen molar-refractivity contribution in [2.24, 2.45) is 11.7 Å². The number of hydrogen-bond acceptors (Lipinski definition) is 3. The van der Waals surface area contributed by atoms with E-state index in [9.17, 15) is 18.4 Å². The van der Waals surface area contributed by atoms with Crippen molar-refractivity contribution in [2.45, 2.75) is 32.4 Å². The second-order valence-electron chi connectivity index (χ2n) is 5.80. The number of nitrogens with two attached hydrogens (primary N) is 1. The van der Waals surface area contributed by atoms with E-state index in [0.29, 0.717) is 18.5 Å². The standard InChI is InChI=1S/C17H20F2N2O3/c1-11-2-6-13(16(20)23)10-21(11)15(22)9-5-12-3-7-14(8-4-12)24-17(18)19/h3-5,7-9,11,13,17H,2,6,10H2,1H3,(H2,20,23). The molecule has 1 aliphatic rings. The van der Waals surface area contributed by atoms with Gasteiger partial charge in [-0.2, -0.15) is 8.78 Å². The molecule has 1 saturated heterocycles. The summed E-state index contributed by atoms with van der Waals surface area (Å²) in [5.41, 5.74) is 6.01. The van der Waals surface area contributed by atoms with Gasteiger partial charge in [0, 0.05) is 18.7 Å². The Bertz CT molecular complexity index is 617. The fraction of sp³-hybridized carbons (Fsp3) is 0.412. The number of carbonyl (C=O) groups is 2. The van der Waals surface area contributed by atoms with Crippen LogP contribution in [0.15, 0.2) is 30.3 Å². The molecule has 2 rings (SSSR count). The van der Waals surface area contributed by atoms with Crippen molar-refractivity contribution in [3.63, 3.8) is 0 Å². The van der Waals surface area contributed by atoms with Crippen molar-refractivity contribution >= 4 is 17.9 Å². The number of benzene rings is 1. The van der Waals surface area contributed by atoms with E-state index < -0.39 is 12.5 Å². The van der Waals surface area contributed by atoms with E-state index in [1.54, 1.807) is 23.1 Å². The average Bonchev–Trinajstić information content (AvgIpc) is 2.53. The third-order valence-corrected chi connectivity index (χ3v) is 4.09. The molecule has 1 heterocycles. The lowest BCUT2D eigenvalue weighted by Crippen LogP contribution is -2.48. The van der Waals surface area contributed by atoms with E-state index >= 15 is 0 Å². The molecule has 0 aliphatic carbocycles. The first-order chi connectivity index (χ1) is 11.4. The molecule has 1 aromatic rings. The molecule has 5 nitrogen and oxygen atoms in total. The molecule has 2 N–H and O–H groups in total. The molecule has 7 heteroatoms. The van der Waals surface area contributed by atoms with Gasteiger partial charge in [-0.15, -0.1) is 0 Å². The molecule has 24 heavy (non-hydrogen) atoms. The van der Waals surface area contributed by atoms with Crippen LogP contribution in [0, 0.1) is 5.92 Å². The van der Waals surface area contributed by atoms with Gasteiger partial charge in [0.2, 0.25) is 11.8 Å². The summed E-state index contributed by atoms with van der Waals surface area (Å²) in [6.07, 6.45) is 4.42. The molecule has 2 atom stereocenters. The molecule has 1 aliphatic heterocycles. The van der Waals surface area contributed by atoms with Crippen molar-refractivity contribution in [3.05, 3.63) is 35.9 Å². The first kappa shape index (κ1) is 17.9. The highest BCUT2D eigenvalue weighted by Crippen LogP contribution is 2.22. The van der Waals surface area contributed by atoms with Gasteiger partial charge in [-0.3, -0.25) is 9.59 Å². The van der Waals surface area contributed by atoms with E-state index in [2.05, 4.69) is 4.74 Å². The molecule has 0 spiro atoms. The number of carbonyl (C=O) groups excluding carboxylic acids is 2. The Morgan fingerprint density at radius 2 is 1.96 bits per heavy atom. The van der Waals surface area contributed by atoms with E-state index in [1.165, 1.54) is 18.2 Å². The lowest BCUT2D eigenvalue weighted by molar-refractivity contribution is -0.133. The first-order valence-electron chi connectivity index (χ1n) is 7.69. The summed E-state index contributed by atoms with van der Waals surface area (Å²) < 4.78 is 28.4. The second kappa shape index (κ2) is 7.90. The highest BCUT2D eigenvalue weighted by atomic mass is 19.3. The summed E-state index contributed by atoms with van der Waals surface area (Å²) in [7, 11) is 0. The van der Waals surface area contributed by atoms with Crippen LogP contribution in [0.1, 0.15) is 25.3 Å². The predicted molar refractivity (Wildman–Crippen MR) is 85.2 cm³/mol. The molecule has 0 saturated carbocycles. The number of amides is 2. The minimum atomic E-state index is -2.87. The fourth-order valence-corrected chi connectivity index (χ4v) is 2.67. The Morgan fingerprint density at radius 3 is 2.54 bits per heavy atom. The van der Waals surface area contributed by atoms with E-state index in [1.807, 2.05) is 6.92 Å². The van der Waals surface area contributed by atoms with Crippen LogP contribution in [0.5, 0.6) is 5.75 Å². The van der Waals surface area contributed by atoms with Gasteiger partial charge in [0.15, 0.2) is 0 Å². The normalized spacial score (nSPS) is 21.2. The molecule has 130 valence electrons. The van der Waals surface area contributed by atoms with Crippen LogP contribution in [0.2, 0.25) is 0 Å². The molecule has 2 amide bonds. The lowest BCUT2D eigenvalue weighted by atomic mass is 9.93. The Balaban J connectivity index is 1.99. The number of hydrogen-bond donors (Lipinski definition) is 1. The van der Waals surface area contributed by atoms with Crippen molar-refractivity contribution < 1.29 is 23.1 Å². The number of piperidine rings is 1. The van der Waals surface area contributed by atoms with Crippen LogP contribution in [0.3, 0.4) is 0 Å². The fourth-order valence-electron chi connectivity index (χ4n) is 2.67. The van der Waals surface area contributed by atoms with E-state index in [-0.39, 0.29) is 23.6 Å². The van der Waals surface area contributed by atoms with Crippen molar-refractivity contribution in [2.75, 3.05) is 6.54 Å². The second-order valence-corrected chi connectivity index (χ2v) is 5.80. The molecular weight excluding hydrogens is 318 g/mol. The summed E-state index contributed by atoms with van der Waals surface area (Å²) >= 11 is 0. The zero-order valence-corrected chi connectivity index (χ0v) is 13.3. The SMILES string of the molecule is CC1CCC(C(N)=O)CN1C(=O)C=Cc1ccc(OC(F)F)cc1. The lowest BCUT2D eigenvalue weighted by Gasteiger charge is -2.36. The third-order valence-electron chi connectivity index (χ3n) is 4.09. The number of ether oxygens (including phenoxy) is 1. The predicted octanol–water partition coefficient (Wildman–Crippen LogP) is 2.41. The van der Waals surface area contributed by atoms with Gasteiger partial charge >= 0.3 is 6.61 Å². The number of alkyl halides is 2. The minimum absolute atomic E-state index is 0.0413. The molecular formula is C17H20F2N2O3. The minimum Gasteiger partial charge on any atom is -0.435 e. The summed E-state index contributed by atoms with van der Waals surface area (Å²) in [4.78, 5) is 25.3. The number of halogens is 2. The van der Waals surface area contributed by atoms with Crippen LogP contribution in [-0.2, 0) is 9.59 Å². The molecule has 0 aromatic heterocycles. The highest BCUT2D eigenvalue weighted by molar-refractivity contribution is 5.92. The van der Waals surface area contributed by atoms with Gasteiger partial charge in [-0.05, 0) is 43.5 Å². The first-order valence-corrected chi connectivity index (χ1v) is 7.69. The smallest absolute Gasteiger partial charge is 0.387 e. The molecule has 1 fully saturated rings. The maximum Gasteiger partial charge on any atom is 0.387 e. The van der Waals surface area contributed by atoms with Gasteiger partial charge < -0.3 is 15.4 Å². The topological polar surface area (TPSA) is 72.6 Å². The van der Waals surface area contributed by atoms with Gasteiger partial charge in [-0.25, -0.2) is 0 Å². The van der Waals surface area contributed by atoms with Crippen molar-refractivity contribution in [1.82, 2.24) is 4.90 Å². The van der Waals surface area contributed by atoms with Crippen LogP contribution >= 0.6 is 0 Å². The quantitative estimate of drug-likeness (QED) is 0.838. The number of primary amides is 1. The molecule has 0 radical (unpaired) electrons. The van der Waals surface area contributed by atoms with Crippen LogP contribution in [0.4, 0.5) is 8.78 Å². The largest absolute Gasteiger partial charge is 0.435 e. The summed E-state index contributed by atoms with van der Waals surface area (Å²) in [5.74, 6) is -0.855. The summed E-state index contributed by atoms with van der Waals surface area (Å²) in [6, 6.07) is 6.01. The monoisotopic (exact) mass is 338 g/mol. The number of likely N-dealkylation sites (tertiary alicyclic amines) is 1.